The minimum atomic E-state index is 0.712. The second-order valence-electron chi connectivity index (χ2n) is 4.81. The van der Waals surface area contributed by atoms with Gasteiger partial charge in [-0.25, -0.2) is 0 Å². The number of likely N-dealkylation sites (N-methyl/N-ethyl adjacent to an activating group) is 1. The van der Waals surface area contributed by atoms with Crippen molar-refractivity contribution in [1.29, 1.82) is 0 Å². The molecule has 0 atom stereocenters. The molecule has 0 aromatic carbocycles. The van der Waals surface area contributed by atoms with Crippen molar-refractivity contribution in [3.8, 4) is 0 Å². The van der Waals surface area contributed by atoms with Crippen molar-refractivity contribution in [3.63, 3.8) is 0 Å². The van der Waals surface area contributed by atoms with Crippen molar-refractivity contribution in [3.05, 3.63) is 0 Å². The maximum absolute atomic E-state index is 5.54. The summed E-state index contributed by atoms with van der Waals surface area (Å²) in [4.78, 5) is 0. The van der Waals surface area contributed by atoms with E-state index in [1.54, 1.807) is 7.11 Å². The fourth-order valence-electron chi connectivity index (χ4n) is 2.21. The van der Waals surface area contributed by atoms with Crippen molar-refractivity contribution in [2.24, 2.45) is 0 Å². The molecule has 0 N–H and O–H groups in total. The molecular formula is C12H26NO2+. The van der Waals surface area contributed by atoms with Crippen molar-refractivity contribution in [2.45, 2.75) is 25.7 Å². The fraction of sp³-hybridized carbons (Fsp3) is 1.00. The largest absolute Gasteiger partial charge is 0.382 e. The molecule has 3 nitrogen and oxygen atoms in total. The summed E-state index contributed by atoms with van der Waals surface area (Å²) in [6.45, 7) is 6.13. The molecule has 90 valence electrons. The first kappa shape index (κ1) is 12.9. The number of ether oxygens (including phenoxy) is 2. The van der Waals surface area contributed by atoms with Gasteiger partial charge in [0.1, 0.15) is 6.54 Å². The normalized spacial score (nSPS) is 21.2. The molecule has 1 heterocycles. The lowest BCUT2D eigenvalue weighted by Crippen LogP contribution is -2.47. The zero-order valence-electron chi connectivity index (χ0n) is 10.3. The Kier molecular flexibility index (Phi) is 6.22. The number of methoxy groups -OCH3 is 1. The van der Waals surface area contributed by atoms with E-state index in [4.69, 9.17) is 9.47 Å². The highest BCUT2D eigenvalue weighted by Gasteiger charge is 2.22. The van der Waals surface area contributed by atoms with Gasteiger partial charge in [0, 0.05) is 7.11 Å². The van der Waals surface area contributed by atoms with Crippen LogP contribution in [0.4, 0.5) is 0 Å². The zero-order chi connectivity index (χ0) is 11.0. The van der Waals surface area contributed by atoms with E-state index >= 15 is 0 Å². The Morgan fingerprint density at radius 2 is 1.60 bits per heavy atom. The van der Waals surface area contributed by atoms with Crippen LogP contribution in [0.5, 0.6) is 0 Å². The lowest BCUT2D eigenvalue weighted by atomic mass is 10.2. The van der Waals surface area contributed by atoms with Crippen molar-refractivity contribution >= 4 is 0 Å². The van der Waals surface area contributed by atoms with Gasteiger partial charge in [-0.3, -0.25) is 0 Å². The van der Waals surface area contributed by atoms with E-state index in [0.29, 0.717) is 6.61 Å². The molecule has 1 aliphatic heterocycles. The van der Waals surface area contributed by atoms with E-state index in [-0.39, 0.29) is 0 Å². The van der Waals surface area contributed by atoms with Crippen LogP contribution < -0.4 is 0 Å². The fourth-order valence-corrected chi connectivity index (χ4v) is 2.21. The average molecular weight is 216 g/mol. The Bertz CT molecular complexity index is 154. The highest BCUT2D eigenvalue weighted by Crippen LogP contribution is 2.15. The third-order valence-corrected chi connectivity index (χ3v) is 3.35. The summed E-state index contributed by atoms with van der Waals surface area (Å²) in [7, 11) is 4.08. The maximum atomic E-state index is 5.54. The molecule has 0 aromatic heterocycles. The van der Waals surface area contributed by atoms with Gasteiger partial charge >= 0.3 is 0 Å². The average Bonchev–Trinajstić information content (AvgIpc) is 2.43. The monoisotopic (exact) mass is 216 g/mol. The summed E-state index contributed by atoms with van der Waals surface area (Å²) in [6.07, 6.45) is 5.60. The van der Waals surface area contributed by atoms with Gasteiger partial charge in [-0.1, -0.05) is 0 Å². The van der Waals surface area contributed by atoms with E-state index in [2.05, 4.69) is 7.05 Å². The molecule has 0 spiro atoms. The molecule has 1 rings (SSSR count). The topological polar surface area (TPSA) is 18.5 Å². The van der Waals surface area contributed by atoms with Gasteiger partial charge in [0.15, 0.2) is 0 Å². The second-order valence-corrected chi connectivity index (χ2v) is 4.81. The molecule has 15 heavy (non-hydrogen) atoms. The maximum Gasteiger partial charge on any atom is 0.102 e. The van der Waals surface area contributed by atoms with E-state index in [0.717, 1.165) is 19.8 Å². The number of quaternary nitrogens is 1. The minimum absolute atomic E-state index is 0.712. The smallest absolute Gasteiger partial charge is 0.102 e. The van der Waals surface area contributed by atoms with E-state index in [9.17, 15) is 0 Å². The number of likely N-dealkylation sites (tertiary alicyclic amines) is 1. The van der Waals surface area contributed by atoms with Gasteiger partial charge in [-0.2, -0.15) is 0 Å². The summed E-state index contributed by atoms with van der Waals surface area (Å²) in [5.41, 5.74) is 0. The van der Waals surface area contributed by atoms with E-state index < -0.39 is 0 Å². The van der Waals surface area contributed by atoms with Gasteiger partial charge in [0.2, 0.25) is 0 Å². The van der Waals surface area contributed by atoms with Crippen molar-refractivity contribution in [2.75, 3.05) is 53.6 Å². The molecule has 0 unspecified atom stereocenters. The van der Waals surface area contributed by atoms with Gasteiger partial charge in [-0.15, -0.1) is 0 Å². The molecule has 0 amide bonds. The van der Waals surface area contributed by atoms with Crippen molar-refractivity contribution in [1.82, 2.24) is 0 Å². The van der Waals surface area contributed by atoms with Crippen LogP contribution in [0.2, 0.25) is 0 Å². The molecule has 0 radical (unpaired) electrons. The second kappa shape index (κ2) is 7.20. The van der Waals surface area contributed by atoms with Gasteiger partial charge in [0.25, 0.3) is 0 Å². The third-order valence-electron chi connectivity index (χ3n) is 3.35. The first-order chi connectivity index (χ1) is 7.27. The quantitative estimate of drug-likeness (QED) is 0.497. The lowest BCUT2D eigenvalue weighted by molar-refractivity contribution is -0.909. The summed E-state index contributed by atoms with van der Waals surface area (Å²) in [5, 5.41) is 0. The molecule has 1 fully saturated rings. The Morgan fingerprint density at radius 1 is 0.933 bits per heavy atom. The van der Waals surface area contributed by atoms with Crippen LogP contribution in [0.25, 0.3) is 0 Å². The number of hydrogen-bond acceptors (Lipinski definition) is 2. The minimum Gasteiger partial charge on any atom is -0.382 e. The van der Waals surface area contributed by atoms with Gasteiger partial charge in [0.05, 0.1) is 40.0 Å². The van der Waals surface area contributed by atoms with Gasteiger partial charge in [-0.05, 0) is 25.7 Å². The summed E-state index contributed by atoms with van der Waals surface area (Å²) in [5.74, 6) is 0. The molecule has 3 heteroatoms. The first-order valence-electron chi connectivity index (χ1n) is 6.17. The van der Waals surface area contributed by atoms with Crippen LogP contribution in [0.15, 0.2) is 0 Å². The number of rotatable bonds is 6. The van der Waals surface area contributed by atoms with Crippen molar-refractivity contribution < 1.29 is 14.0 Å². The lowest BCUT2D eigenvalue weighted by Gasteiger charge is -2.33. The molecule has 0 saturated carbocycles. The molecule has 0 aliphatic carbocycles. The van der Waals surface area contributed by atoms with Crippen LogP contribution in [-0.2, 0) is 9.47 Å². The van der Waals surface area contributed by atoms with E-state index in [1.165, 1.54) is 43.3 Å². The Balaban J connectivity index is 2.11. The van der Waals surface area contributed by atoms with Crippen LogP contribution in [0, 0.1) is 0 Å². The Morgan fingerprint density at radius 3 is 2.20 bits per heavy atom. The highest BCUT2D eigenvalue weighted by molar-refractivity contribution is 4.51. The Labute approximate surface area is 93.9 Å². The van der Waals surface area contributed by atoms with Crippen LogP contribution in [-0.4, -0.2) is 58.1 Å². The summed E-state index contributed by atoms with van der Waals surface area (Å²) >= 11 is 0. The Hall–Kier alpha value is -0.120. The van der Waals surface area contributed by atoms with Crippen LogP contribution >= 0.6 is 0 Å². The predicted octanol–water partition coefficient (Wildman–Crippen LogP) is 1.67. The zero-order valence-corrected chi connectivity index (χ0v) is 10.3. The molecule has 0 aromatic rings. The van der Waals surface area contributed by atoms with Gasteiger partial charge < -0.3 is 14.0 Å². The predicted molar refractivity (Wildman–Crippen MR) is 61.9 cm³/mol. The number of hydrogen-bond donors (Lipinski definition) is 0. The highest BCUT2D eigenvalue weighted by atomic mass is 16.5. The number of nitrogens with zero attached hydrogens (tertiary/aromatic N) is 1. The van der Waals surface area contributed by atoms with Crippen LogP contribution in [0.3, 0.4) is 0 Å². The molecule has 0 bridgehead atoms. The summed E-state index contributed by atoms with van der Waals surface area (Å²) in [6, 6.07) is 0. The molecular weight excluding hydrogens is 190 g/mol. The van der Waals surface area contributed by atoms with Crippen LogP contribution in [0.1, 0.15) is 25.7 Å². The molecule has 1 aliphatic rings. The summed E-state index contributed by atoms with van der Waals surface area (Å²) < 4.78 is 11.7. The molecule has 1 saturated heterocycles. The third kappa shape index (κ3) is 5.50. The SMILES string of the molecule is COCCOCC[N+]1(C)CCCCCC1. The standard InChI is InChI=1S/C12H26NO2/c1-13(7-5-3-4-6-8-13)9-10-15-12-11-14-2/h3-12H2,1-2H3/q+1. The first-order valence-corrected chi connectivity index (χ1v) is 6.17. The van der Waals surface area contributed by atoms with E-state index in [1.807, 2.05) is 0 Å².